The van der Waals surface area contributed by atoms with Crippen LogP contribution in [-0.4, -0.2) is 11.5 Å². The molecule has 82 valence electrons. The molecule has 2 N–H and O–H groups in total. The summed E-state index contributed by atoms with van der Waals surface area (Å²) in [6.45, 7) is 0.549. The summed E-state index contributed by atoms with van der Waals surface area (Å²) >= 11 is 0. The van der Waals surface area contributed by atoms with Crippen LogP contribution in [0.3, 0.4) is 0 Å². The van der Waals surface area contributed by atoms with E-state index in [-0.39, 0.29) is 10.6 Å². The Hall–Kier alpha value is -2.30. The molecule has 1 aromatic carbocycles. The Labute approximate surface area is 92.6 Å². The average molecular weight is 217 g/mol. The molecule has 5 nitrogen and oxygen atoms in total. The van der Waals surface area contributed by atoms with E-state index in [4.69, 9.17) is 5.73 Å². The van der Waals surface area contributed by atoms with Crippen LogP contribution in [0, 0.1) is 10.1 Å². The normalized spacial score (nSPS) is 14.8. The van der Waals surface area contributed by atoms with Crippen molar-refractivity contribution in [3.8, 4) is 0 Å². The van der Waals surface area contributed by atoms with Gasteiger partial charge >= 0.3 is 0 Å². The summed E-state index contributed by atoms with van der Waals surface area (Å²) < 4.78 is 0. The van der Waals surface area contributed by atoms with Crippen molar-refractivity contribution in [3.05, 3.63) is 58.4 Å². The Morgan fingerprint density at radius 1 is 1.38 bits per heavy atom. The van der Waals surface area contributed by atoms with Gasteiger partial charge in [-0.15, -0.1) is 0 Å². The molecule has 0 saturated carbocycles. The van der Waals surface area contributed by atoms with Gasteiger partial charge in [-0.3, -0.25) is 10.1 Å². The minimum atomic E-state index is -0.384. The highest BCUT2D eigenvalue weighted by molar-refractivity contribution is 5.65. The average Bonchev–Trinajstić information content (AvgIpc) is 2.30. The lowest BCUT2D eigenvalue weighted by Gasteiger charge is -2.21. The summed E-state index contributed by atoms with van der Waals surface area (Å²) in [5, 5.41) is 10.8. The van der Waals surface area contributed by atoms with Crippen molar-refractivity contribution in [2.75, 3.05) is 11.4 Å². The van der Waals surface area contributed by atoms with Gasteiger partial charge in [0.15, 0.2) is 0 Å². The van der Waals surface area contributed by atoms with Gasteiger partial charge in [-0.1, -0.05) is 12.1 Å². The molecule has 1 aliphatic heterocycles. The molecule has 0 bridgehead atoms. The number of hydrogen-bond acceptors (Lipinski definition) is 4. The first-order chi connectivity index (χ1) is 7.68. The number of nitro benzene ring substituents is 1. The number of nitrogens with zero attached hydrogens (tertiary/aromatic N) is 2. The van der Waals surface area contributed by atoms with E-state index in [2.05, 4.69) is 0 Å². The van der Waals surface area contributed by atoms with Gasteiger partial charge in [-0.05, 0) is 18.2 Å². The Morgan fingerprint density at radius 3 is 2.75 bits per heavy atom. The maximum atomic E-state index is 10.8. The van der Waals surface area contributed by atoms with Crippen LogP contribution in [0.25, 0.3) is 0 Å². The van der Waals surface area contributed by atoms with Crippen molar-refractivity contribution in [3.63, 3.8) is 0 Å². The minimum absolute atomic E-state index is 0.0982. The molecule has 16 heavy (non-hydrogen) atoms. The van der Waals surface area contributed by atoms with Crippen LogP contribution in [-0.2, 0) is 0 Å². The molecule has 0 saturated heterocycles. The van der Waals surface area contributed by atoms with E-state index in [9.17, 15) is 10.1 Å². The van der Waals surface area contributed by atoms with Crippen LogP contribution < -0.4 is 10.6 Å². The van der Waals surface area contributed by atoms with E-state index in [0.717, 1.165) is 0 Å². The molecule has 0 atom stereocenters. The van der Waals surface area contributed by atoms with Crippen molar-refractivity contribution >= 4 is 11.4 Å². The minimum Gasteiger partial charge on any atom is -0.399 e. The summed E-state index contributed by atoms with van der Waals surface area (Å²) in [6, 6.07) is 6.64. The van der Waals surface area contributed by atoms with Gasteiger partial charge in [0.1, 0.15) is 5.69 Å². The second kappa shape index (κ2) is 4.06. The monoisotopic (exact) mass is 217 g/mol. The maximum absolute atomic E-state index is 10.8. The lowest BCUT2D eigenvalue weighted by Crippen LogP contribution is -2.21. The molecule has 0 spiro atoms. The first-order valence-corrected chi connectivity index (χ1v) is 4.82. The van der Waals surface area contributed by atoms with Crippen molar-refractivity contribution in [1.82, 2.24) is 0 Å². The van der Waals surface area contributed by atoms with Crippen molar-refractivity contribution in [2.24, 2.45) is 5.73 Å². The number of hydrogen-bond donors (Lipinski definition) is 1. The number of nitro groups is 1. The number of benzene rings is 1. The van der Waals surface area contributed by atoms with Crippen LogP contribution in [0.15, 0.2) is 48.3 Å². The van der Waals surface area contributed by atoms with Crippen molar-refractivity contribution in [2.45, 2.75) is 0 Å². The molecule has 1 aromatic rings. The number of nitrogens with two attached hydrogens (primary N) is 1. The predicted octanol–water partition coefficient (Wildman–Crippen LogP) is 1.77. The molecule has 1 heterocycles. The highest BCUT2D eigenvalue weighted by atomic mass is 16.6. The molecule has 0 aliphatic carbocycles. The second-order valence-corrected chi connectivity index (χ2v) is 3.42. The quantitative estimate of drug-likeness (QED) is 0.605. The lowest BCUT2D eigenvalue weighted by atomic mass is 10.2. The van der Waals surface area contributed by atoms with Crippen molar-refractivity contribution < 1.29 is 4.92 Å². The molecular weight excluding hydrogens is 206 g/mol. The van der Waals surface area contributed by atoms with Crippen LogP contribution in [0.5, 0.6) is 0 Å². The smallest absolute Gasteiger partial charge is 0.292 e. The lowest BCUT2D eigenvalue weighted by molar-refractivity contribution is -0.384. The molecule has 0 fully saturated rings. The van der Waals surface area contributed by atoms with Gasteiger partial charge < -0.3 is 10.6 Å². The Balaban J connectivity index is 2.35. The summed E-state index contributed by atoms with van der Waals surface area (Å²) in [6.07, 6.45) is 5.29. The zero-order valence-corrected chi connectivity index (χ0v) is 8.54. The standard InChI is InChI=1S/C11H11N3O2/c12-9-5-7-13(8-6-9)10-3-1-2-4-11(10)14(15)16/h1-7H,8,12H2. The Kier molecular flexibility index (Phi) is 2.59. The van der Waals surface area contributed by atoms with Crippen molar-refractivity contribution in [1.29, 1.82) is 0 Å². The first-order valence-electron chi connectivity index (χ1n) is 4.82. The van der Waals surface area contributed by atoms with E-state index in [1.165, 1.54) is 6.07 Å². The summed E-state index contributed by atoms with van der Waals surface area (Å²) in [4.78, 5) is 12.2. The number of rotatable bonds is 2. The van der Waals surface area contributed by atoms with E-state index in [1.54, 1.807) is 35.4 Å². The maximum Gasteiger partial charge on any atom is 0.292 e. The van der Waals surface area contributed by atoms with Gasteiger partial charge in [0.25, 0.3) is 5.69 Å². The largest absolute Gasteiger partial charge is 0.399 e. The third-order valence-corrected chi connectivity index (χ3v) is 2.36. The number of anilines is 1. The highest BCUT2D eigenvalue weighted by Gasteiger charge is 2.17. The third-order valence-electron chi connectivity index (χ3n) is 2.36. The topological polar surface area (TPSA) is 72.4 Å². The van der Waals surface area contributed by atoms with Crippen LogP contribution in [0.1, 0.15) is 0 Å². The summed E-state index contributed by atoms with van der Waals surface area (Å²) in [7, 11) is 0. The predicted molar refractivity (Wildman–Crippen MR) is 61.9 cm³/mol. The molecule has 1 aliphatic rings. The van der Waals surface area contributed by atoms with Crippen LogP contribution >= 0.6 is 0 Å². The fourth-order valence-electron chi connectivity index (χ4n) is 1.55. The van der Waals surface area contributed by atoms with E-state index in [0.29, 0.717) is 17.9 Å². The van der Waals surface area contributed by atoms with Crippen LogP contribution in [0.2, 0.25) is 0 Å². The molecule has 0 radical (unpaired) electrons. The van der Waals surface area contributed by atoms with Gasteiger partial charge in [-0.25, -0.2) is 0 Å². The molecular formula is C11H11N3O2. The highest BCUT2D eigenvalue weighted by Crippen LogP contribution is 2.28. The zero-order valence-electron chi connectivity index (χ0n) is 8.54. The zero-order chi connectivity index (χ0) is 11.5. The summed E-state index contributed by atoms with van der Waals surface area (Å²) in [5.74, 6) is 0. The first kappa shape index (κ1) is 10.2. The molecule has 2 rings (SSSR count). The number of para-hydroxylation sites is 2. The Bertz CT molecular complexity index is 480. The fourth-order valence-corrected chi connectivity index (χ4v) is 1.55. The second-order valence-electron chi connectivity index (χ2n) is 3.42. The summed E-state index contributed by atoms with van der Waals surface area (Å²) in [5.41, 5.74) is 6.94. The Morgan fingerprint density at radius 2 is 2.12 bits per heavy atom. The molecule has 0 amide bonds. The van der Waals surface area contributed by atoms with E-state index < -0.39 is 0 Å². The van der Waals surface area contributed by atoms with Gasteiger partial charge in [-0.2, -0.15) is 0 Å². The van der Waals surface area contributed by atoms with Gasteiger partial charge in [0.2, 0.25) is 0 Å². The van der Waals surface area contributed by atoms with Crippen LogP contribution in [0.4, 0.5) is 11.4 Å². The van der Waals surface area contributed by atoms with Gasteiger partial charge in [0.05, 0.1) is 4.92 Å². The molecule has 0 aromatic heterocycles. The molecule has 0 unspecified atom stereocenters. The van der Waals surface area contributed by atoms with E-state index in [1.807, 2.05) is 6.08 Å². The van der Waals surface area contributed by atoms with Gasteiger partial charge in [0, 0.05) is 24.5 Å². The number of allylic oxidation sites excluding steroid dienone is 1. The third kappa shape index (κ3) is 1.88. The van der Waals surface area contributed by atoms with E-state index >= 15 is 0 Å². The SMILES string of the molecule is NC1=CCN(c2ccccc2[N+](=O)[O-])C=C1. The molecule has 5 heteroatoms. The fraction of sp³-hybridized carbons (Fsp3) is 0.0909.